The number of amides is 1. The Bertz CT molecular complexity index is 478. The molecule has 0 aliphatic heterocycles. The van der Waals surface area contributed by atoms with E-state index in [2.05, 4.69) is 15.4 Å². The van der Waals surface area contributed by atoms with Crippen LogP contribution in [-0.4, -0.2) is 20.7 Å². The van der Waals surface area contributed by atoms with E-state index in [1.165, 1.54) is 4.68 Å². The summed E-state index contributed by atoms with van der Waals surface area (Å²) >= 11 is 0. The second-order valence-electron chi connectivity index (χ2n) is 3.34. The second kappa shape index (κ2) is 4.57. The van der Waals surface area contributed by atoms with E-state index in [-0.39, 0.29) is 5.91 Å². The summed E-state index contributed by atoms with van der Waals surface area (Å²) in [5, 5.41) is 6.71. The second-order valence-corrected chi connectivity index (χ2v) is 3.34. The number of hydrogen-bond acceptors (Lipinski definition) is 3. The summed E-state index contributed by atoms with van der Waals surface area (Å²) in [5.74, 6) is -0.148. The number of pyridine rings is 1. The largest absolute Gasteiger partial charge is 0.345 e. The highest BCUT2D eigenvalue weighted by Crippen LogP contribution is 1.97. The van der Waals surface area contributed by atoms with Crippen LogP contribution < -0.4 is 5.32 Å². The molecule has 5 heteroatoms. The average Bonchev–Trinajstić information content (AvgIpc) is 2.74. The van der Waals surface area contributed by atoms with Crippen molar-refractivity contribution in [3.63, 3.8) is 0 Å². The van der Waals surface area contributed by atoms with Crippen molar-refractivity contribution in [2.75, 3.05) is 0 Å². The first-order valence-electron chi connectivity index (χ1n) is 4.93. The normalized spacial score (nSPS) is 10.1. The zero-order valence-corrected chi connectivity index (χ0v) is 8.92. The van der Waals surface area contributed by atoms with Gasteiger partial charge in [-0.3, -0.25) is 14.5 Å². The molecule has 2 aromatic heterocycles. The predicted octanol–water partition coefficient (Wildman–Crippen LogP) is 0.745. The first kappa shape index (κ1) is 10.4. The number of aryl methyl sites for hydroxylation is 1. The lowest BCUT2D eigenvalue weighted by Crippen LogP contribution is -2.25. The molecule has 0 saturated heterocycles. The minimum absolute atomic E-state index is 0.148. The minimum Gasteiger partial charge on any atom is -0.345 e. The standard InChI is InChI=1S/C11H12N4O/c1-15-10(5-7-14-15)11(16)13-8-9-4-2-3-6-12-9/h2-7H,8H2,1H3,(H,13,16). The van der Waals surface area contributed by atoms with Gasteiger partial charge in [-0.15, -0.1) is 0 Å². The van der Waals surface area contributed by atoms with Gasteiger partial charge in [-0.1, -0.05) is 6.07 Å². The third-order valence-corrected chi connectivity index (χ3v) is 2.21. The number of aromatic nitrogens is 3. The summed E-state index contributed by atoms with van der Waals surface area (Å²) in [4.78, 5) is 15.8. The average molecular weight is 216 g/mol. The fraction of sp³-hybridized carbons (Fsp3) is 0.182. The molecule has 0 unspecified atom stereocenters. The lowest BCUT2D eigenvalue weighted by atomic mass is 10.3. The molecule has 0 bridgehead atoms. The first-order valence-corrected chi connectivity index (χ1v) is 4.93. The monoisotopic (exact) mass is 216 g/mol. The molecule has 0 aliphatic carbocycles. The summed E-state index contributed by atoms with van der Waals surface area (Å²) in [5.41, 5.74) is 1.37. The molecule has 0 aromatic carbocycles. The molecule has 0 aliphatic rings. The van der Waals surface area contributed by atoms with Gasteiger partial charge in [0.25, 0.3) is 5.91 Å². The molecule has 82 valence electrons. The van der Waals surface area contributed by atoms with E-state index >= 15 is 0 Å². The quantitative estimate of drug-likeness (QED) is 0.823. The van der Waals surface area contributed by atoms with E-state index in [4.69, 9.17) is 0 Å². The fourth-order valence-electron chi connectivity index (χ4n) is 1.36. The van der Waals surface area contributed by atoms with Crippen LogP contribution in [0.15, 0.2) is 36.7 Å². The van der Waals surface area contributed by atoms with Gasteiger partial charge in [0.15, 0.2) is 0 Å². The Labute approximate surface area is 93.1 Å². The molecule has 0 saturated carbocycles. The third kappa shape index (κ3) is 2.25. The van der Waals surface area contributed by atoms with Crippen LogP contribution in [0.2, 0.25) is 0 Å². The van der Waals surface area contributed by atoms with Gasteiger partial charge in [-0.25, -0.2) is 0 Å². The van der Waals surface area contributed by atoms with E-state index < -0.39 is 0 Å². The van der Waals surface area contributed by atoms with Crippen LogP contribution in [0.25, 0.3) is 0 Å². The van der Waals surface area contributed by atoms with Crippen molar-refractivity contribution in [1.29, 1.82) is 0 Å². The molecule has 1 amide bonds. The molecule has 2 aromatic rings. The molecular formula is C11H12N4O. The van der Waals surface area contributed by atoms with Crippen molar-refractivity contribution in [1.82, 2.24) is 20.1 Å². The maximum atomic E-state index is 11.7. The molecule has 1 N–H and O–H groups in total. The molecule has 5 nitrogen and oxygen atoms in total. The van der Waals surface area contributed by atoms with Crippen LogP contribution in [0.3, 0.4) is 0 Å². The SMILES string of the molecule is Cn1nccc1C(=O)NCc1ccccn1. The summed E-state index contributed by atoms with van der Waals surface area (Å²) in [6, 6.07) is 7.27. The molecule has 0 radical (unpaired) electrons. The van der Waals surface area contributed by atoms with Gasteiger partial charge in [0.1, 0.15) is 5.69 Å². The van der Waals surface area contributed by atoms with E-state index in [9.17, 15) is 4.79 Å². The smallest absolute Gasteiger partial charge is 0.269 e. The van der Waals surface area contributed by atoms with Crippen LogP contribution in [0.4, 0.5) is 0 Å². The first-order chi connectivity index (χ1) is 7.77. The van der Waals surface area contributed by atoms with Crippen LogP contribution in [0.1, 0.15) is 16.2 Å². The number of nitrogens with one attached hydrogen (secondary N) is 1. The Kier molecular flexibility index (Phi) is 2.95. The van der Waals surface area contributed by atoms with Gasteiger partial charge in [-0.05, 0) is 18.2 Å². The zero-order valence-electron chi connectivity index (χ0n) is 8.92. The highest BCUT2D eigenvalue weighted by molar-refractivity contribution is 5.92. The van der Waals surface area contributed by atoms with Crippen LogP contribution in [-0.2, 0) is 13.6 Å². The topological polar surface area (TPSA) is 59.8 Å². The Morgan fingerprint density at radius 1 is 1.38 bits per heavy atom. The number of carbonyl (C=O) groups is 1. The van der Waals surface area contributed by atoms with E-state index in [1.807, 2.05) is 18.2 Å². The van der Waals surface area contributed by atoms with Gasteiger partial charge >= 0.3 is 0 Å². The van der Waals surface area contributed by atoms with Crippen molar-refractivity contribution in [2.24, 2.45) is 7.05 Å². The highest BCUT2D eigenvalue weighted by atomic mass is 16.2. The third-order valence-electron chi connectivity index (χ3n) is 2.21. The number of hydrogen-bond donors (Lipinski definition) is 1. The van der Waals surface area contributed by atoms with Gasteiger partial charge in [0.05, 0.1) is 12.2 Å². The molecular weight excluding hydrogens is 204 g/mol. The van der Waals surface area contributed by atoms with Crippen molar-refractivity contribution >= 4 is 5.91 Å². The summed E-state index contributed by atoms with van der Waals surface area (Å²) in [7, 11) is 1.73. The maximum Gasteiger partial charge on any atom is 0.269 e. The maximum absolute atomic E-state index is 11.7. The van der Waals surface area contributed by atoms with Gasteiger partial charge in [0.2, 0.25) is 0 Å². The number of rotatable bonds is 3. The van der Waals surface area contributed by atoms with Crippen molar-refractivity contribution in [3.05, 3.63) is 48.0 Å². The van der Waals surface area contributed by atoms with E-state index in [0.29, 0.717) is 12.2 Å². The predicted molar refractivity (Wildman–Crippen MR) is 58.6 cm³/mol. The molecule has 0 spiro atoms. The highest BCUT2D eigenvalue weighted by Gasteiger charge is 2.08. The van der Waals surface area contributed by atoms with Crippen LogP contribution >= 0.6 is 0 Å². The van der Waals surface area contributed by atoms with E-state index in [1.54, 1.807) is 25.5 Å². The lowest BCUT2D eigenvalue weighted by Gasteiger charge is -2.04. The molecule has 2 rings (SSSR count). The van der Waals surface area contributed by atoms with Gasteiger partial charge in [-0.2, -0.15) is 5.10 Å². The number of carbonyl (C=O) groups excluding carboxylic acids is 1. The molecule has 2 heterocycles. The van der Waals surface area contributed by atoms with Crippen molar-refractivity contribution < 1.29 is 4.79 Å². The molecule has 0 fully saturated rings. The van der Waals surface area contributed by atoms with Crippen molar-refractivity contribution in [3.8, 4) is 0 Å². The summed E-state index contributed by atoms with van der Waals surface area (Å²) in [6.45, 7) is 0.421. The Balaban J connectivity index is 1.97. The summed E-state index contributed by atoms with van der Waals surface area (Å²) < 4.78 is 1.54. The zero-order chi connectivity index (χ0) is 11.4. The van der Waals surface area contributed by atoms with Crippen LogP contribution in [0, 0.1) is 0 Å². The van der Waals surface area contributed by atoms with Gasteiger partial charge in [0, 0.05) is 19.4 Å². The van der Waals surface area contributed by atoms with Crippen molar-refractivity contribution in [2.45, 2.75) is 6.54 Å². The fourth-order valence-corrected chi connectivity index (χ4v) is 1.36. The van der Waals surface area contributed by atoms with E-state index in [0.717, 1.165) is 5.69 Å². The lowest BCUT2D eigenvalue weighted by molar-refractivity contribution is 0.0941. The number of nitrogens with zero attached hydrogens (tertiary/aromatic N) is 3. The Morgan fingerprint density at radius 2 is 2.25 bits per heavy atom. The molecule has 0 atom stereocenters. The minimum atomic E-state index is -0.148. The Hall–Kier alpha value is -2.17. The van der Waals surface area contributed by atoms with Crippen LogP contribution in [0.5, 0.6) is 0 Å². The summed E-state index contributed by atoms with van der Waals surface area (Å²) in [6.07, 6.45) is 3.29. The Morgan fingerprint density at radius 3 is 2.88 bits per heavy atom. The van der Waals surface area contributed by atoms with Gasteiger partial charge < -0.3 is 5.32 Å². The molecule has 16 heavy (non-hydrogen) atoms.